The molecule has 3 aromatic heterocycles. The van der Waals surface area contributed by atoms with Crippen molar-refractivity contribution in [3.63, 3.8) is 0 Å². The van der Waals surface area contributed by atoms with E-state index in [1.807, 2.05) is 0 Å². The van der Waals surface area contributed by atoms with Gasteiger partial charge in [-0.3, -0.25) is 18.7 Å². The molecule has 1 atom stereocenters. The van der Waals surface area contributed by atoms with Crippen LogP contribution < -0.4 is 16.6 Å². The van der Waals surface area contributed by atoms with Crippen LogP contribution in [0.4, 0.5) is 0 Å². The summed E-state index contributed by atoms with van der Waals surface area (Å²) in [5.41, 5.74) is -0.435. The number of rotatable bonds is 5. The number of aryl methyl sites for hydroxylation is 1. The Labute approximate surface area is 148 Å². The lowest BCUT2D eigenvalue weighted by molar-refractivity contribution is 0.0915. The second kappa shape index (κ2) is 6.68. The molecule has 2 N–H and O–H groups in total. The van der Waals surface area contributed by atoms with E-state index < -0.39 is 23.3 Å². The van der Waals surface area contributed by atoms with Crippen LogP contribution in [0.5, 0.6) is 0 Å². The third kappa shape index (κ3) is 2.97. The van der Waals surface area contributed by atoms with E-state index in [-0.39, 0.29) is 24.2 Å². The van der Waals surface area contributed by atoms with Crippen LogP contribution >= 0.6 is 0 Å². The zero-order valence-corrected chi connectivity index (χ0v) is 14.7. The summed E-state index contributed by atoms with van der Waals surface area (Å²) in [7, 11) is 2.93. The summed E-state index contributed by atoms with van der Waals surface area (Å²) in [4.78, 5) is 37.4. The summed E-state index contributed by atoms with van der Waals surface area (Å²) < 4.78 is 9.23. The van der Waals surface area contributed by atoms with Crippen molar-refractivity contribution < 1.29 is 14.3 Å². The number of aliphatic hydroxyl groups excluding tert-OH is 1. The standard InChI is InChI=1S/C17H20N4O5/c1-10(22)8-18-14(23)13-7-12-15(19(2)17(25)20(3)16(12)24)21(13)9-11-5-4-6-26-11/h4-7,10,22H,8-9H2,1-3H3,(H,18,23). The molecule has 0 fully saturated rings. The number of furan rings is 1. The summed E-state index contributed by atoms with van der Waals surface area (Å²) >= 11 is 0. The van der Waals surface area contributed by atoms with Crippen molar-refractivity contribution >= 4 is 16.9 Å². The second-order valence-electron chi connectivity index (χ2n) is 6.20. The molecule has 138 valence electrons. The first-order chi connectivity index (χ1) is 12.3. The van der Waals surface area contributed by atoms with Crippen molar-refractivity contribution in [2.75, 3.05) is 6.54 Å². The average Bonchev–Trinajstić information content (AvgIpc) is 3.24. The van der Waals surface area contributed by atoms with E-state index in [1.54, 1.807) is 30.7 Å². The van der Waals surface area contributed by atoms with Crippen LogP contribution in [-0.2, 0) is 20.6 Å². The first-order valence-electron chi connectivity index (χ1n) is 8.09. The maximum absolute atomic E-state index is 12.6. The number of hydrogen-bond donors (Lipinski definition) is 2. The van der Waals surface area contributed by atoms with Crippen molar-refractivity contribution in [3.8, 4) is 0 Å². The van der Waals surface area contributed by atoms with Gasteiger partial charge in [0.15, 0.2) is 0 Å². The maximum atomic E-state index is 12.6. The summed E-state index contributed by atoms with van der Waals surface area (Å²) in [6.07, 6.45) is 0.797. The van der Waals surface area contributed by atoms with Gasteiger partial charge in [-0.15, -0.1) is 0 Å². The highest BCUT2D eigenvalue weighted by Crippen LogP contribution is 2.18. The van der Waals surface area contributed by atoms with Gasteiger partial charge in [0.2, 0.25) is 0 Å². The summed E-state index contributed by atoms with van der Waals surface area (Å²) in [6, 6.07) is 4.91. The van der Waals surface area contributed by atoms with Crippen LogP contribution in [0.15, 0.2) is 38.5 Å². The van der Waals surface area contributed by atoms with E-state index in [4.69, 9.17) is 4.42 Å². The zero-order chi connectivity index (χ0) is 19.0. The minimum absolute atomic E-state index is 0.0675. The topological polar surface area (TPSA) is 111 Å². The molecule has 0 spiro atoms. The first kappa shape index (κ1) is 17.7. The van der Waals surface area contributed by atoms with Gasteiger partial charge < -0.3 is 19.4 Å². The van der Waals surface area contributed by atoms with Gasteiger partial charge in [-0.1, -0.05) is 0 Å². The van der Waals surface area contributed by atoms with Gasteiger partial charge in [-0.05, 0) is 25.1 Å². The zero-order valence-electron chi connectivity index (χ0n) is 14.7. The van der Waals surface area contributed by atoms with Gasteiger partial charge in [0.05, 0.1) is 24.3 Å². The van der Waals surface area contributed by atoms with Gasteiger partial charge >= 0.3 is 5.69 Å². The fourth-order valence-electron chi connectivity index (χ4n) is 2.88. The number of nitrogens with one attached hydrogen (secondary N) is 1. The van der Waals surface area contributed by atoms with Crippen LogP contribution in [0.1, 0.15) is 23.2 Å². The number of aliphatic hydroxyl groups is 1. The van der Waals surface area contributed by atoms with E-state index in [9.17, 15) is 19.5 Å². The number of carbonyl (C=O) groups is 1. The number of amides is 1. The van der Waals surface area contributed by atoms with E-state index in [2.05, 4.69) is 5.32 Å². The summed E-state index contributed by atoms with van der Waals surface area (Å²) in [5.74, 6) is 0.114. The van der Waals surface area contributed by atoms with Crippen LogP contribution in [0, 0.1) is 0 Å². The van der Waals surface area contributed by atoms with Gasteiger partial charge in [0.25, 0.3) is 11.5 Å². The molecule has 3 aromatic rings. The SMILES string of the molecule is CC(O)CNC(=O)c1cc2c(=O)n(C)c(=O)n(C)c2n1Cc1ccco1. The third-order valence-corrected chi connectivity index (χ3v) is 4.18. The molecule has 0 aromatic carbocycles. The molecule has 0 radical (unpaired) electrons. The number of nitrogens with zero attached hydrogens (tertiary/aromatic N) is 3. The molecule has 0 bridgehead atoms. The van der Waals surface area contributed by atoms with Crippen LogP contribution in [0.3, 0.4) is 0 Å². The smallest absolute Gasteiger partial charge is 0.332 e. The Morgan fingerprint density at radius 3 is 2.65 bits per heavy atom. The Kier molecular flexibility index (Phi) is 4.56. The highest BCUT2D eigenvalue weighted by molar-refractivity contribution is 5.98. The lowest BCUT2D eigenvalue weighted by Gasteiger charge is -2.12. The fourth-order valence-corrected chi connectivity index (χ4v) is 2.88. The second-order valence-corrected chi connectivity index (χ2v) is 6.20. The summed E-state index contributed by atoms with van der Waals surface area (Å²) in [6.45, 7) is 1.80. The summed E-state index contributed by atoms with van der Waals surface area (Å²) in [5, 5.41) is 12.3. The predicted octanol–water partition coefficient (Wildman–Crippen LogP) is -0.209. The predicted molar refractivity (Wildman–Crippen MR) is 94.2 cm³/mol. The molecule has 9 heteroatoms. The molecule has 0 saturated carbocycles. The largest absolute Gasteiger partial charge is 0.467 e. The van der Waals surface area contributed by atoms with Gasteiger partial charge in [-0.2, -0.15) is 0 Å². The van der Waals surface area contributed by atoms with Gasteiger partial charge in [-0.25, -0.2) is 4.79 Å². The lowest BCUT2D eigenvalue weighted by Crippen LogP contribution is -2.37. The molecule has 1 unspecified atom stereocenters. The van der Waals surface area contributed by atoms with Crippen molar-refractivity contribution in [1.82, 2.24) is 19.0 Å². The normalized spacial score (nSPS) is 12.5. The molecule has 3 heterocycles. The Morgan fingerprint density at radius 1 is 1.31 bits per heavy atom. The molecule has 26 heavy (non-hydrogen) atoms. The highest BCUT2D eigenvalue weighted by atomic mass is 16.3. The number of aromatic nitrogens is 3. The number of hydrogen-bond acceptors (Lipinski definition) is 5. The van der Waals surface area contributed by atoms with Crippen LogP contribution in [-0.4, -0.2) is 37.4 Å². The van der Waals surface area contributed by atoms with E-state index >= 15 is 0 Å². The van der Waals surface area contributed by atoms with Crippen molar-refractivity contribution in [2.24, 2.45) is 14.1 Å². The molecule has 9 nitrogen and oxygen atoms in total. The van der Waals surface area contributed by atoms with Gasteiger partial charge in [0, 0.05) is 20.6 Å². The number of fused-ring (bicyclic) bond motifs is 1. The quantitative estimate of drug-likeness (QED) is 0.654. The van der Waals surface area contributed by atoms with Crippen LogP contribution in [0.25, 0.3) is 11.0 Å². The minimum atomic E-state index is -0.709. The monoisotopic (exact) mass is 360 g/mol. The third-order valence-electron chi connectivity index (χ3n) is 4.18. The van der Waals surface area contributed by atoms with Crippen molar-refractivity contribution in [2.45, 2.75) is 19.6 Å². The molecule has 0 aliphatic rings. The Morgan fingerprint density at radius 2 is 2.04 bits per heavy atom. The van der Waals surface area contributed by atoms with Crippen molar-refractivity contribution in [1.29, 1.82) is 0 Å². The van der Waals surface area contributed by atoms with Gasteiger partial charge in [0.1, 0.15) is 17.1 Å². The Bertz CT molecular complexity index is 1070. The molecular weight excluding hydrogens is 340 g/mol. The van der Waals surface area contributed by atoms with E-state index in [1.165, 1.54) is 23.9 Å². The first-order valence-corrected chi connectivity index (χ1v) is 8.09. The fraction of sp³-hybridized carbons (Fsp3) is 0.353. The van der Waals surface area contributed by atoms with Crippen molar-refractivity contribution in [3.05, 3.63) is 56.8 Å². The molecule has 0 saturated heterocycles. The molecular formula is C17H20N4O5. The van der Waals surface area contributed by atoms with Crippen LogP contribution in [0.2, 0.25) is 0 Å². The lowest BCUT2D eigenvalue weighted by atomic mass is 10.3. The minimum Gasteiger partial charge on any atom is -0.467 e. The van der Waals surface area contributed by atoms with E-state index in [0.29, 0.717) is 11.4 Å². The highest BCUT2D eigenvalue weighted by Gasteiger charge is 2.22. The molecule has 0 aliphatic carbocycles. The van der Waals surface area contributed by atoms with E-state index in [0.717, 1.165) is 4.57 Å². The maximum Gasteiger partial charge on any atom is 0.332 e. The number of carbonyl (C=O) groups excluding carboxylic acids is 1. The Hall–Kier alpha value is -3.07. The molecule has 1 amide bonds. The average molecular weight is 360 g/mol. The molecule has 0 aliphatic heterocycles. The molecule has 3 rings (SSSR count). The Balaban J connectivity index is 2.24.